The van der Waals surface area contributed by atoms with Gasteiger partial charge in [0.2, 0.25) is 10.0 Å². The number of aromatic carboxylic acids is 1. The number of likely N-dealkylation sites (N-methyl/N-ethyl adjacent to an activating group) is 1. The lowest BCUT2D eigenvalue weighted by molar-refractivity contribution is 0.0637. The summed E-state index contributed by atoms with van der Waals surface area (Å²) in [6.45, 7) is 0. The van der Waals surface area contributed by atoms with Crippen LogP contribution in [0.3, 0.4) is 0 Å². The Balaban J connectivity index is 2.32. The van der Waals surface area contributed by atoms with Crippen LogP contribution in [0.1, 0.15) is 36.2 Å². The van der Waals surface area contributed by atoms with E-state index in [1.54, 1.807) is 0 Å². The van der Waals surface area contributed by atoms with E-state index in [0.717, 1.165) is 23.2 Å². The van der Waals surface area contributed by atoms with Gasteiger partial charge in [0.15, 0.2) is 0 Å². The second kappa shape index (κ2) is 5.78. The van der Waals surface area contributed by atoms with E-state index in [0.29, 0.717) is 12.8 Å². The summed E-state index contributed by atoms with van der Waals surface area (Å²) in [5.74, 6) is -1.18. The minimum absolute atomic E-state index is 0.0670. The summed E-state index contributed by atoms with van der Waals surface area (Å²) in [5, 5.41) is 19.0. The maximum Gasteiger partial charge on any atom is 0.352 e. The summed E-state index contributed by atoms with van der Waals surface area (Å²) in [6, 6.07) is 0.681. The van der Waals surface area contributed by atoms with Crippen LogP contribution in [0, 0.1) is 0 Å². The molecule has 1 saturated carbocycles. The van der Waals surface area contributed by atoms with Crippen molar-refractivity contribution in [3.8, 4) is 0 Å². The first kappa shape index (κ1) is 16.0. The van der Waals surface area contributed by atoms with Gasteiger partial charge in [0, 0.05) is 20.3 Å². The number of carbonyl (C=O) groups is 1. The molecule has 0 aliphatic heterocycles. The van der Waals surface area contributed by atoms with Crippen LogP contribution in [0.4, 0.5) is 0 Å². The predicted molar refractivity (Wildman–Crippen MR) is 75.6 cm³/mol. The number of aryl methyl sites for hydroxylation is 1. The van der Waals surface area contributed by atoms with E-state index in [1.165, 1.54) is 24.9 Å². The highest BCUT2D eigenvalue weighted by Gasteiger charge is 2.35. The molecule has 2 atom stereocenters. The standard InChI is InChI=1S/C13H20N2O5S/c1-14-8-9(7-11(14)13(17)18)21(19,20)15(2)10-5-3-4-6-12(10)16/h7-8,10,12,16H,3-6H2,1-2H3,(H,17,18). The van der Waals surface area contributed by atoms with Crippen molar-refractivity contribution in [2.24, 2.45) is 7.05 Å². The average molecular weight is 316 g/mol. The molecule has 1 aromatic rings. The first-order valence-electron chi connectivity index (χ1n) is 6.81. The van der Waals surface area contributed by atoms with Crippen molar-refractivity contribution in [1.29, 1.82) is 0 Å². The third kappa shape index (κ3) is 2.97. The number of rotatable bonds is 4. The van der Waals surface area contributed by atoms with Crippen molar-refractivity contribution < 1.29 is 23.4 Å². The third-order valence-corrected chi connectivity index (χ3v) is 5.88. The molecule has 8 heteroatoms. The topological polar surface area (TPSA) is 99.8 Å². The number of nitrogens with zero attached hydrogens (tertiary/aromatic N) is 2. The molecule has 1 heterocycles. The van der Waals surface area contributed by atoms with Crippen LogP contribution in [0.25, 0.3) is 0 Å². The molecule has 1 aliphatic carbocycles. The quantitative estimate of drug-likeness (QED) is 0.849. The number of carboxylic acids is 1. The van der Waals surface area contributed by atoms with Gasteiger partial charge in [0.05, 0.1) is 12.1 Å². The van der Waals surface area contributed by atoms with Gasteiger partial charge >= 0.3 is 5.97 Å². The van der Waals surface area contributed by atoms with Crippen LogP contribution in [0.5, 0.6) is 0 Å². The maximum atomic E-state index is 12.6. The van der Waals surface area contributed by atoms with E-state index in [4.69, 9.17) is 5.11 Å². The minimum Gasteiger partial charge on any atom is -0.477 e. The zero-order valence-electron chi connectivity index (χ0n) is 12.1. The molecule has 21 heavy (non-hydrogen) atoms. The summed E-state index contributed by atoms with van der Waals surface area (Å²) < 4.78 is 27.6. The fourth-order valence-electron chi connectivity index (χ4n) is 2.75. The Hall–Kier alpha value is -1.38. The Labute approximate surface area is 123 Å². The van der Waals surface area contributed by atoms with Crippen molar-refractivity contribution in [2.45, 2.75) is 42.7 Å². The molecule has 1 fully saturated rings. The third-order valence-electron chi connectivity index (χ3n) is 4.04. The number of aromatic nitrogens is 1. The summed E-state index contributed by atoms with van der Waals surface area (Å²) >= 11 is 0. The van der Waals surface area contributed by atoms with E-state index in [2.05, 4.69) is 0 Å². The Morgan fingerprint density at radius 1 is 1.38 bits per heavy atom. The fraction of sp³-hybridized carbons (Fsp3) is 0.615. The van der Waals surface area contributed by atoms with Crippen LogP contribution in [-0.2, 0) is 17.1 Å². The van der Waals surface area contributed by atoms with Crippen molar-refractivity contribution in [3.63, 3.8) is 0 Å². The first-order chi connectivity index (χ1) is 9.75. The van der Waals surface area contributed by atoms with Crippen molar-refractivity contribution in [2.75, 3.05) is 7.05 Å². The monoisotopic (exact) mass is 316 g/mol. The molecule has 7 nitrogen and oxygen atoms in total. The smallest absolute Gasteiger partial charge is 0.352 e. The van der Waals surface area contributed by atoms with Gasteiger partial charge in [-0.2, -0.15) is 4.31 Å². The van der Waals surface area contributed by atoms with Gasteiger partial charge in [0.25, 0.3) is 0 Å². The molecule has 1 aliphatic rings. The highest BCUT2D eigenvalue weighted by molar-refractivity contribution is 7.89. The molecule has 0 bridgehead atoms. The van der Waals surface area contributed by atoms with Crippen molar-refractivity contribution >= 4 is 16.0 Å². The Bertz CT molecular complexity index is 637. The largest absolute Gasteiger partial charge is 0.477 e. The van der Waals surface area contributed by atoms with E-state index in [-0.39, 0.29) is 10.6 Å². The van der Waals surface area contributed by atoms with E-state index in [1.807, 2.05) is 0 Å². The lowest BCUT2D eigenvalue weighted by Crippen LogP contribution is -2.46. The van der Waals surface area contributed by atoms with Gasteiger partial charge in [-0.25, -0.2) is 13.2 Å². The summed E-state index contributed by atoms with van der Waals surface area (Å²) in [7, 11) is -0.901. The Morgan fingerprint density at radius 2 is 2.00 bits per heavy atom. The summed E-state index contributed by atoms with van der Waals surface area (Å²) in [4.78, 5) is 10.9. The number of sulfonamides is 1. The molecule has 2 rings (SSSR count). The summed E-state index contributed by atoms with van der Waals surface area (Å²) in [5.41, 5.74) is -0.0915. The maximum absolute atomic E-state index is 12.6. The van der Waals surface area contributed by atoms with E-state index >= 15 is 0 Å². The van der Waals surface area contributed by atoms with E-state index in [9.17, 15) is 18.3 Å². The number of carboxylic acid groups (broad SMARTS) is 1. The van der Waals surface area contributed by atoms with E-state index < -0.39 is 28.1 Å². The SMILES string of the molecule is CN(C1CCCCC1O)S(=O)(=O)c1cc(C(=O)O)n(C)c1. The Kier molecular flexibility index (Phi) is 4.40. The first-order valence-corrected chi connectivity index (χ1v) is 8.25. The second-order valence-electron chi connectivity index (χ2n) is 5.42. The zero-order valence-corrected chi connectivity index (χ0v) is 12.9. The van der Waals surface area contributed by atoms with Gasteiger partial charge in [-0.15, -0.1) is 0 Å². The van der Waals surface area contributed by atoms with Crippen LogP contribution < -0.4 is 0 Å². The lowest BCUT2D eigenvalue weighted by Gasteiger charge is -2.34. The van der Waals surface area contributed by atoms with Crippen molar-refractivity contribution in [3.05, 3.63) is 18.0 Å². The number of aliphatic hydroxyl groups is 1. The van der Waals surface area contributed by atoms with Crippen LogP contribution >= 0.6 is 0 Å². The van der Waals surface area contributed by atoms with Gasteiger partial charge in [-0.1, -0.05) is 12.8 Å². The summed E-state index contributed by atoms with van der Waals surface area (Å²) in [6.07, 6.45) is 3.55. The van der Waals surface area contributed by atoms with Crippen LogP contribution in [0.15, 0.2) is 17.2 Å². The fourth-order valence-corrected chi connectivity index (χ4v) is 4.24. The molecule has 0 radical (unpaired) electrons. The molecule has 0 aromatic carbocycles. The number of hydrogen-bond acceptors (Lipinski definition) is 4. The van der Waals surface area contributed by atoms with Crippen molar-refractivity contribution in [1.82, 2.24) is 8.87 Å². The minimum atomic E-state index is -3.82. The predicted octanol–water partition coefficient (Wildman–Crippen LogP) is 0.647. The van der Waals surface area contributed by atoms with Crippen LogP contribution in [-0.4, -0.2) is 52.7 Å². The second-order valence-corrected chi connectivity index (χ2v) is 7.42. The zero-order chi connectivity index (χ0) is 15.8. The van der Waals surface area contributed by atoms with Crippen LogP contribution in [0.2, 0.25) is 0 Å². The molecular formula is C13H20N2O5S. The molecule has 1 aromatic heterocycles. The number of aliphatic hydroxyl groups excluding tert-OH is 1. The van der Waals surface area contributed by atoms with Gasteiger partial charge in [-0.05, 0) is 18.9 Å². The van der Waals surface area contributed by atoms with Gasteiger partial charge in [0.1, 0.15) is 10.6 Å². The normalized spacial score (nSPS) is 23.4. The highest BCUT2D eigenvalue weighted by Crippen LogP contribution is 2.27. The Morgan fingerprint density at radius 3 is 2.52 bits per heavy atom. The number of hydrogen-bond donors (Lipinski definition) is 2. The molecular weight excluding hydrogens is 296 g/mol. The van der Waals surface area contributed by atoms with Gasteiger partial charge in [-0.3, -0.25) is 0 Å². The molecule has 0 spiro atoms. The molecule has 2 unspecified atom stereocenters. The molecule has 2 N–H and O–H groups in total. The van der Waals surface area contributed by atoms with Gasteiger partial charge < -0.3 is 14.8 Å². The molecule has 118 valence electrons. The molecule has 0 amide bonds. The lowest BCUT2D eigenvalue weighted by atomic mass is 9.93. The molecule has 0 saturated heterocycles. The average Bonchev–Trinajstić information content (AvgIpc) is 2.81. The highest BCUT2D eigenvalue weighted by atomic mass is 32.2.